The lowest BCUT2D eigenvalue weighted by Crippen LogP contribution is -2.40. The van der Waals surface area contributed by atoms with Gasteiger partial charge in [-0.05, 0) is 25.3 Å². The van der Waals surface area contributed by atoms with E-state index in [9.17, 15) is 18.0 Å². The van der Waals surface area contributed by atoms with Gasteiger partial charge in [-0.25, -0.2) is 17.9 Å². The largest absolute Gasteiger partial charge is 0.477 e. The molecule has 0 spiro atoms. The molecule has 0 aliphatic carbocycles. The van der Waals surface area contributed by atoms with Crippen LogP contribution in [0.4, 0.5) is 0 Å². The van der Waals surface area contributed by atoms with E-state index in [2.05, 4.69) is 4.72 Å². The molecule has 1 rings (SSSR count). The summed E-state index contributed by atoms with van der Waals surface area (Å²) in [5, 5.41) is 10.3. The molecule has 0 bridgehead atoms. The van der Waals surface area contributed by atoms with Crippen LogP contribution in [0.5, 0.6) is 0 Å². The number of hydrogen-bond donors (Lipinski definition) is 2. The van der Waals surface area contributed by atoms with Crippen molar-refractivity contribution in [3.8, 4) is 0 Å². The van der Waals surface area contributed by atoms with E-state index in [-0.39, 0.29) is 22.2 Å². The molecule has 1 amide bonds. The second-order valence-electron chi connectivity index (χ2n) is 3.81. The lowest BCUT2D eigenvalue weighted by Gasteiger charge is -2.18. The van der Waals surface area contributed by atoms with Crippen LogP contribution in [0.1, 0.15) is 23.5 Å². The Kier molecular flexibility index (Phi) is 5.66. The molecular weight excluding hydrogens is 304 g/mol. The highest BCUT2D eigenvalue weighted by molar-refractivity contribution is 7.89. The maximum atomic E-state index is 12.0. The fraction of sp³-hybridized carbons (Fsp3) is 0.455. The van der Waals surface area contributed by atoms with Gasteiger partial charge >= 0.3 is 5.97 Å². The Morgan fingerprint density at radius 2 is 1.95 bits per heavy atom. The summed E-state index contributed by atoms with van der Waals surface area (Å²) >= 11 is 0.820. The van der Waals surface area contributed by atoms with Crippen LogP contribution in [0.3, 0.4) is 0 Å². The lowest BCUT2D eigenvalue weighted by molar-refractivity contribution is -0.129. The molecule has 0 radical (unpaired) electrons. The van der Waals surface area contributed by atoms with Gasteiger partial charge in [0.05, 0.1) is 6.54 Å². The highest BCUT2D eigenvalue weighted by atomic mass is 32.2. The third kappa shape index (κ3) is 3.78. The van der Waals surface area contributed by atoms with E-state index in [1.54, 1.807) is 13.8 Å². The smallest absolute Gasteiger partial charge is 0.347 e. The van der Waals surface area contributed by atoms with E-state index in [0.29, 0.717) is 13.1 Å². The van der Waals surface area contributed by atoms with Crippen LogP contribution in [0, 0.1) is 0 Å². The highest BCUT2D eigenvalue weighted by Crippen LogP contribution is 2.21. The summed E-state index contributed by atoms with van der Waals surface area (Å²) < 4.78 is 26.1. The van der Waals surface area contributed by atoms with Gasteiger partial charge in [-0.2, -0.15) is 0 Å². The first-order chi connectivity index (χ1) is 9.33. The third-order valence-electron chi connectivity index (χ3n) is 2.64. The molecule has 20 heavy (non-hydrogen) atoms. The van der Waals surface area contributed by atoms with E-state index in [1.165, 1.54) is 16.3 Å². The number of carboxylic acid groups (broad SMARTS) is 1. The average Bonchev–Trinajstić information content (AvgIpc) is 2.88. The van der Waals surface area contributed by atoms with Crippen molar-refractivity contribution in [3.63, 3.8) is 0 Å². The molecule has 1 aromatic rings. The Balaban J connectivity index is 2.83. The quantitative estimate of drug-likeness (QED) is 0.765. The Hall–Kier alpha value is -1.45. The zero-order valence-electron chi connectivity index (χ0n) is 11.1. The minimum atomic E-state index is -4.01. The first-order valence-corrected chi connectivity index (χ1v) is 8.28. The number of likely N-dealkylation sites (N-methyl/N-ethyl adjacent to an activating group) is 1. The molecule has 2 N–H and O–H groups in total. The second-order valence-corrected chi connectivity index (χ2v) is 6.46. The number of amides is 1. The summed E-state index contributed by atoms with van der Waals surface area (Å²) in [6, 6.07) is 1.21. The number of sulfonamides is 1. The van der Waals surface area contributed by atoms with Crippen molar-refractivity contribution in [2.45, 2.75) is 18.7 Å². The molecule has 0 saturated carbocycles. The Bertz CT molecular complexity index is 590. The molecule has 0 aliphatic rings. The Labute approximate surface area is 121 Å². The van der Waals surface area contributed by atoms with E-state index in [0.717, 1.165) is 11.3 Å². The molecule has 0 fully saturated rings. The first kappa shape index (κ1) is 16.6. The normalized spacial score (nSPS) is 11.3. The van der Waals surface area contributed by atoms with E-state index < -0.39 is 16.0 Å². The van der Waals surface area contributed by atoms with Gasteiger partial charge in [0.15, 0.2) is 0 Å². The van der Waals surface area contributed by atoms with Gasteiger partial charge in [0.25, 0.3) is 0 Å². The fourth-order valence-electron chi connectivity index (χ4n) is 1.59. The van der Waals surface area contributed by atoms with E-state index >= 15 is 0 Å². The maximum absolute atomic E-state index is 12.0. The number of carbonyl (C=O) groups is 2. The zero-order valence-corrected chi connectivity index (χ0v) is 12.8. The minimum Gasteiger partial charge on any atom is -0.477 e. The second kappa shape index (κ2) is 6.82. The molecule has 0 aliphatic heterocycles. The standard InChI is InChI=1S/C11H16N2O5S2/c1-3-13(4-2)9(14)7-12-20(17,18)8-5-6-19-10(8)11(15)16/h5-6,12H,3-4,7H2,1-2H3,(H,15,16). The lowest BCUT2D eigenvalue weighted by atomic mass is 10.4. The van der Waals surface area contributed by atoms with Crippen LogP contribution in [0.2, 0.25) is 0 Å². The maximum Gasteiger partial charge on any atom is 0.347 e. The highest BCUT2D eigenvalue weighted by Gasteiger charge is 2.24. The summed E-state index contributed by atoms with van der Waals surface area (Å²) in [7, 11) is -4.01. The molecule has 0 unspecified atom stereocenters. The van der Waals surface area contributed by atoms with Gasteiger partial charge in [-0.3, -0.25) is 4.79 Å². The number of carbonyl (C=O) groups excluding carboxylic acids is 1. The summed E-state index contributed by atoms with van der Waals surface area (Å²) in [5.74, 6) is -1.67. The van der Waals surface area contributed by atoms with Crippen molar-refractivity contribution in [3.05, 3.63) is 16.3 Å². The SMILES string of the molecule is CCN(CC)C(=O)CNS(=O)(=O)c1ccsc1C(=O)O. The topological polar surface area (TPSA) is 104 Å². The number of carboxylic acids is 1. The molecule has 112 valence electrons. The number of thiophene rings is 1. The van der Waals surface area contributed by atoms with Crippen molar-refractivity contribution in [1.82, 2.24) is 9.62 Å². The monoisotopic (exact) mass is 320 g/mol. The van der Waals surface area contributed by atoms with Gasteiger partial charge in [0.1, 0.15) is 9.77 Å². The Morgan fingerprint density at radius 1 is 1.35 bits per heavy atom. The van der Waals surface area contributed by atoms with E-state index in [4.69, 9.17) is 5.11 Å². The van der Waals surface area contributed by atoms with Gasteiger partial charge in [0.2, 0.25) is 15.9 Å². The molecule has 0 saturated heterocycles. The number of rotatable bonds is 7. The van der Waals surface area contributed by atoms with E-state index in [1.807, 2.05) is 0 Å². The van der Waals surface area contributed by atoms with Crippen molar-refractivity contribution in [1.29, 1.82) is 0 Å². The van der Waals surface area contributed by atoms with Crippen molar-refractivity contribution < 1.29 is 23.1 Å². The average molecular weight is 320 g/mol. The third-order valence-corrected chi connectivity index (χ3v) is 5.12. The predicted molar refractivity (Wildman–Crippen MR) is 74.4 cm³/mol. The minimum absolute atomic E-state index is 0.271. The molecule has 0 aromatic carbocycles. The molecule has 9 heteroatoms. The molecule has 1 heterocycles. The zero-order chi connectivity index (χ0) is 15.3. The van der Waals surface area contributed by atoms with Gasteiger partial charge in [0, 0.05) is 13.1 Å². The molecule has 1 aromatic heterocycles. The van der Waals surface area contributed by atoms with Crippen LogP contribution in [0.25, 0.3) is 0 Å². The van der Waals surface area contributed by atoms with Crippen LogP contribution in [0.15, 0.2) is 16.3 Å². The molecular formula is C11H16N2O5S2. The molecule has 7 nitrogen and oxygen atoms in total. The summed E-state index contributed by atoms with van der Waals surface area (Å²) in [4.78, 5) is 23.5. The van der Waals surface area contributed by atoms with Crippen molar-refractivity contribution in [2.24, 2.45) is 0 Å². The van der Waals surface area contributed by atoms with Crippen LogP contribution in [-0.2, 0) is 14.8 Å². The van der Waals surface area contributed by atoms with Crippen LogP contribution >= 0.6 is 11.3 Å². The van der Waals surface area contributed by atoms with Crippen molar-refractivity contribution >= 4 is 33.2 Å². The number of nitrogens with zero attached hydrogens (tertiary/aromatic N) is 1. The number of hydrogen-bond acceptors (Lipinski definition) is 5. The number of aromatic carboxylic acids is 1. The summed E-state index contributed by atoms with van der Waals surface area (Å²) in [6.45, 7) is 4.15. The Morgan fingerprint density at radius 3 is 2.45 bits per heavy atom. The first-order valence-electron chi connectivity index (χ1n) is 5.91. The van der Waals surface area contributed by atoms with Crippen LogP contribution in [-0.4, -0.2) is 49.9 Å². The fourth-order valence-corrected chi connectivity index (χ4v) is 3.82. The van der Waals surface area contributed by atoms with Gasteiger partial charge in [-0.15, -0.1) is 11.3 Å². The van der Waals surface area contributed by atoms with Crippen molar-refractivity contribution in [2.75, 3.05) is 19.6 Å². The molecule has 0 atom stereocenters. The summed E-state index contributed by atoms with van der Waals surface area (Å²) in [5.41, 5.74) is 0. The van der Waals surface area contributed by atoms with Crippen LogP contribution < -0.4 is 4.72 Å². The predicted octanol–water partition coefficient (Wildman–Crippen LogP) is 0.593. The van der Waals surface area contributed by atoms with Gasteiger partial charge < -0.3 is 10.0 Å². The van der Waals surface area contributed by atoms with Gasteiger partial charge in [-0.1, -0.05) is 0 Å². The summed E-state index contributed by atoms with van der Waals surface area (Å²) in [6.07, 6.45) is 0. The number of nitrogens with one attached hydrogen (secondary N) is 1.